The van der Waals surface area contributed by atoms with Crippen molar-refractivity contribution in [1.29, 1.82) is 0 Å². The first-order valence-electron chi connectivity index (χ1n) is 9.06. The molecule has 0 spiro atoms. The van der Waals surface area contributed by atoms with Crippen LogP contribution in [0, 0.1) is 0 Å². The molecule has 3 aromatic rings. The highest BCUT2D eigenvalue weighted by Crippen LogP contribution is 2.39. The first-order valence-corrected chi connectivity index (χ1v) is 9.06. The van der Waals surface area contributed by atoms with E-state index in [0.29, 0.717) is 29.2 Å². The van der Waals surface area contributed by atoms with Gasteiger partial charge < -0.3 is 20.6 Å². The lowest BCUT2D eigenvalue weighted by molar-refractivity contribution is 0.477. The summed E-state index contributed by atoms with van der Waals surface area (Å²) >= 11 is 0. The van der Waals surface area contributed by atoms with Crippen molar-refractivity contribution >= 4 is 17.3 Å². The second-order valence-corrected chi connectivity index (χ2v) is 7.05. The summed E-state index contributed by atoms with van der Waals surface area (Å²) in [6.07, 6.45) is 2.91. The molecule has 136 valence electrons. The van der Waals surface area contributed by atoms with Crippen LogP contribution in [0.3, 0.4) is 0 Å². The molecule has 2 saturated heterocycles. The van der Waals surface area contributed by atoms with Gasteiger partial charge in [-0.1, -0.05) is 18.2 Å². The lowest BCUT2D eigenvalue weighted by Crippen LogP contribution is -2.47. The number of nitrogens with two attached hydrogens (primary N) is 1. The third kappa shape index (κ3) is 2.63. The molecule has 2 aliphatic heterocycles. The van der Waals surface area contributed by atoms with Crippen LogP contribution in [0.4, 0.5) is 17.3 Å². The highest BCUT2D eigenvalue weighted by Gasteiger charge is 2.44. The molecule has 0 radical (unpaired) electrons. The van der Waals surface area contributed by atoms with E-state index in [2.05, 4.69) is 31.0 Å². The molecule has 0 aliphatic carbocycles. The van der Waals surface area contributed by atoms with Gasteiger partial charge in [-0.05, 0) is 36.8 Å². The Hall–Kier alpha value is -3.35. The Morgan fingerprint density at radius 2 is 1.74 bits per heavy atom. The molecule has 7 nitrogen and oxygen atoms in total. The number of piperazine rings is 1. The lowest BCUT2D eigenvalue weighted by Gasteiger charge is -2.36. The summed E-state index contributed by atoms with van der Waals surface area (Å²) in [7, 11) is 0. The molecule has 0 amide bonds. The number of hydrogen-bond donors (Lipinski definition) is 2. The molecule has 2 aliphatic rings. The molecule has 2 fully saturated rings. The van der Waals surface area contributed by atoms with E-state index < -0.39 is 0 Å². The predicted molar refractivity (Wildman–Crippen MR) is 105 cm³/mol. The van der Waals surface area contributed by atoms with Crippen molar-refractivity contribution in [1.82, 2.24) is 15.2 Å². The summed E-state index contributed by atoms with van der Waals surface area (Å²) in [6.45, 7) is 1.78. The number of rotatable bonds is 3. The van der Waals surface area contributed by atoms with Crippen LogP contribution < -0.4 is 15.5 Å². The fourth-order valence-corrected chi connectivity index (χ4v) is 4.21. The van der Waals surface area contributed by atoms with Gasteiger partial charge in [-0.25, -0.2) is 4.98 Å². The van der Waals surface area contributed by atoms with Gasteiger partial charge in [0.2, 0.25) is 0 Å². The molecule has 5 rings (SSSR count). The summed E-state index contributed by atoms with van der Waals surface area (Å²) in [5.41, 5.74) is 8.33. The summed E-state index contributed by atoms with van der Waals surface area (Å²) in [5, 5.41) is 18.5. The Kier molecular flexibility index (Phi) is 3.60. The summed E-state index contributed by atoms with van der Waals surface area (Å²) in [4.78, 5) is 9.18. The number of para-hydroxylation sites is 1. The van der Waals surface area contributed by atoms with Crippen LogP contribution in [-0.2, 0) is 0 Å². The van der Waals surface area contributed by atoms with Crippen LogP contribution in [0.1, 0.15) is 6.42 Å². The molecule has 2 bridgehead atoms. The number of benzene rings is 1. The van der Waals surface area contributed by atoms with Gasteiger partial charge in [-0.3, -0.25) is 0 Å². The lowest BCUT2D eigenvalue weighted by atomic mass is 10.1. The third-order valence-electron chi connectivity index (χ3n) is 5.47. The Morgan fingerprint density at radius 3 is 2.48 bits per heavy atom. The Bertz CT molecular complexity index is 979. The Balaban J connectivity index is 1.44. The van der Waals surface area contributed by atoms with Gasteiger partial charge in [-0.2, -0.15) is 0 Å². The molecule has 2 aromatic heterocycles. The maximum absolute atomic E-state index is 10.1. The van der Waals surface area contributed by atoms with Gasteiger partial charge >= 0.3 is 0 Å². The van der Waals surface area contributed by atoms with E-state index in [4.69, 9.17) is 5.73 Å². The maximum Gasteiger partial charge on any atom is 0.169 e. The molecule has 0 unspecified atom stereocenters. The number of phenols is 1. The zero-order valence-electron chi connectivity index (χ0n) is 14.7. The first kappa shape index (κ1) is 15.9. The van der Waals surface area contributed by atoms with Gasteiger partial charge in [-0.15, -0.1) is 10.2 Å². The summed E-state index contributed by atoms with van der Waals surface area (Å²) in [5.74, 6) is 1.64. The molecule has 3 N–H and O–H groups in total. The van der Waals surface area contributed by atoms with Gasteiger partial charge in [0, 0.05) is 30.9 Å². The quantitative estimate of drug-likeness (QED) is 0.740. The van der Waals surface area contributed by atoms with E-state index in [9.17, 15) is 5.11 Å². The van der Waals surface area contributed by atoms with Crippen LogP contribution in [0.2, 0.25) is 0 Å². The zero-order chi connectivity index (χ0) is 18.4. The number of nitrogen functional groups attached to an aromatic ring is 1. The minimum Gasteiger partial charge on any atom is -0.507 e. The SMILES string of the molecule is Nc1nnc(-c2ccccc2O)cc1N1C[C@H]2C[C@@H]1CN2c1ccccn1. The topological polar surface area (TPSA) is 91.4 Å². The Morgan fingerprint density at radius 1 is 0.963 bits per heavy atom. The molecule has 27 heavy (non-hydrogen) atoms. The predicted octanol–water partition coefficient (Wildman–Crippen LogP) is 2.29. The first-order chi connectivity index (χ1) is 13.2. The standard InChI is InChI=1S/C20H20N6O/c21-20-17(10-16(23-24-20)15-5-1-2-6-18(15)27)25-11-14-9-13(25)12-26(14)19-7-3-4-8-22-19/h1-8,10,13-14,27H,9,11-12H2,(H2,21,24)/t13-,14-/m1/s1. The van der Waals surface area contributed by atoms with Gasteiger partial charge in [0.15, 0.2) is 5.82 Å². The summed E-state index contributed by atoms with van der Waals surface area (Å²) in [6, 6.07) is 15.9. The van der Waals surface area contributed by atoms with Crippen molar-refractivity contribution in [2.45, 2.75) is 18.5 Å². The number of nitrogens with zero attached hydrogens (tertiary/aromatic N) is 5. The van der Waals surface area contributed by atoms with Crippen LogP contribution in [0.5, 0.6) is 5.75 Å². The van der Waals surface area contributed by atoms with Crippen LogP contribution >= 0.6 is 0 Å². The fraction of sp³-hybridized carbons (Fsp3) is 0.250. The Labute approximate surface area is 157 Å². The largest absolute Gasteiger partial charge is 0.507 e. The van der Waals surface area contributed by atoms with Crippen molar-refractivity contribution in [3.63, 3.8) is 0 Å². The number of pyridine rings is 1. The zero-order valence-corrected chi connectivity index (χ0v) is 14.7. The maximum atomic E-state index is 10.1. The van der Waals surface area contributed by atoms with Crippen LogP contribution in [-0.4, -0.2) is 45.5 Å². The van der Waals surface area contributed by atoms with Crippen molar-refractivity contribution in [2.24, 2.45) is 0 Å². The second kappa shape index (κ2) is 6.12. The fourth-order valence-electron chi connectivity index (χ4n) is 4.21. The van der Waals surface area contributed by atoms with Crippen LogP contribution in [0.25, 0.3) is 11.3 Å². The van der Waals surface area contributed by atoms with Crippen molar-refractivity contribution < 1.29 is 5.11 Å². The van der Waals surface area contributed by atoms with E-state index >= 15 is 0 Å². The van der Waals surface area contributed by atoms with Crippen molar-refractivity contribution in [3.8, 4) is 17.0 Å². The smallest absolute Gasteiger partial charge is 0.169 e. The molecule has 2 atom stereocenters. The summed E-state index contributed by atoms with van der Waals surface area (Å²) < 4.78 is 0. The highest BCUT2D eigenvalue weighted by molar-refractivity contribution is 5.75. The van der Waals surface area contributed by atoms with E-state index in [1.54, 1.807) is 12.1 Å². The van der Waals surface area contributed by atoms with Gasteiger partial charge in [0.1, 0.15) is 11.6 Å². The number of hydrogen-bond acceptors (Lipinski definition) is 7. The monoisotopic (exact) mass is 360 g/mol. The number of phenolic OH excluding ortho intramolecular Hbond substituents is 1. The van der Waals surface area contributed by atoms with Crippen LogP contribution in [0.15, 0.2) is 54.7 Å². The average molecular weight is 360 g/mol. The number of aromatic hydroxyl groups is 1. The van der Waals surface area contributed by atoms with E-state index in [0.717, 1.165) is 31.0 Å². The molecule has 7 heteroatoms. The minimum atomic E-state index is 0.187. The van der Waals surface area contributed by atoms with E-state index in [1.807, 2.05) is 36.5 Å². The van der Waals surface area contributed by atoms with Gasteiger partial charge in [0.05, 0.1) is 17.4 Å². The number of anilines is 3. The van der Waals surface area contributed by atoms with E-state index in [-0.39, 0.29) is 5.75 Å². The molecular formula is C20H20N6O. The van der Waals surface area contributed by atoms with Crippen molar-refractivity contribution in [2.75, 3.05) is 28.6 Å². The third-order valence-corrected chi connectivity index (χ3v) is 5.47. The average Bonchev–Trinajstić information content (AvgIpc) is 3.30. The minimum absolute atomic E-state index is 0.187. The van der Waals surface area contributed by atoms with E-state index in [1.165, 1.54) is 0 Å². The molecule has 1 aromatic carbocycles. The number of aromatic nitrogens is 3. The number of fused-ring (bicyclic) bond motifs is 2. The van der Waals surface area contributed by atoms with Gasteiger partial charge in [0.25, 0.3) is 0 Å². The molecule has 0 saturated carbocycles. The molecular weight excluding hydrogens is 340 g/mol. The van der Waals surface area contributed by atoms with Crippen molar-refractivity contribution in [3.05, 3.63) is 54.7 Å². The molecule has 4 heterocycles. The second-order valence-electron chi connectivity index (χ2n) is 7.05. The highest BCUT2D eigenvalue weighted by atomic mass is 16.3. The normalized spacial score (nSPS) is 21.0.